The molecule has 4 aromatic rings. The average molecular weight is 621 g/mol. The molecule has 2 bridgehead atoms. The van der Waals surface area contributed by atoms with E-state index in [-0.39, 0.29) is 23.3 Å². The van der Waals surface area contributed by atoms with Crippen LogP contribution in [0.5, 0.6) is 6.01 Å². The van der Waals surface area contributed by atoms with E-state index in [0.717, 1.165) is 79.3 Å². The first-order chi connectivity index (χ1) is 21.4. The number of ether oxygens (including phenoxy) is 2. The molecule has 10 nitrogen and oxygen atoms in total. The molecule has 44 heavy (non-hydrogen) atoms. The number of hydrogen-bond donors (Lipinski definition) is 2. The first-order valence-electron chi connectivity index (χ1n) is 15.6. The summed E-state index contributed by atoms with van der Waals surface area (Å²) in [7, 11) is 0. The van der Waals surface area contributed by atoms with Crippen molar-refractivity contribution in [3.63, 3.8) is 0 Å². The van der Waals surface area contributed by atoms with Crippen molar-refractivity contribution in [3.05, 3.63) is 29.7 Å². The average Bonchev–Trinajstić information content (AvgIpc) is 3.72. The van der Waals surface area contributed by atoms with Gasteiger partial charge in [0.1, 0.15) is 24.1 Å². The van der Waals surface area contributed by atoms with Gasteiger partial charge in [-0.1, -0.05) is 11.3 Å². The van der Waals surface area contributed by atoms with E-state index < -0.39 is 6.17 Å². The number of nitrogen functional groups attached to an aromatic ring is 1. The number of aromatic nitrogens is 4. The molecule has 0 radical (unpaired) electrons. The van der Waals surface area contributed by atoms with Gasteiger partial charge < -0.3 is 25.4 Å². The maximum absolute atomic E-state index is 14.8. The third-order valence-electron chi connectivity index (χ3n) is 10.2. The van der Waals surface area contributed by atoms with Crippen LogP contribution in [0.25, 0.3) is 32.4 Å². The predicted molar refractivity (Wildman–Crippen MR) is 165 cm³/mol. The normalized spacial score (nSPS) is 28.7. The highest BCUT2D eigenvalue weighted by atomic mass is 32.1. The number of alkyl halides is 1. The van der Waals surface area contributed by atoms with Crippen LogP contribution in [0.4, 0.5) is 19.7 Å². The molecule has 2 unspecified atom stereocenters. The monoisotopic (exact) mass is 620 g/mol. The Morgan fingerprint density at radius 2 is 1.91 bits per heavy atom. The predicted octanol–water partition coefficient (Wildman–Crippen LogP) is 4.03. The van der Waals surface area contributed by atoms with Gasteiger partial charge in [-0.25, -0.2) is 18.7 Å². The summed E-state index contributed by atoms with van der Waals surface area (Å²) >= 11 is 1.14. The summed E-state index contributed by atoms with van der Waals surface area (Å²) in [6, 6.07) is 6.30. The molecule has 4 atom stereocenters. The minimum atomic E-state index is -0.837. The molecule has 0 spiro atoms. The van der Waals surface area contributed by atoms with E-state index >= 15 is 0 Å². The Balaban J connectivity index is 1.19. The lowest BCUT2D eigenvalue weighted by molar-refractivity contribution is 0.00707. The molecule has 9 rings (SSSR count). The minimum absolute atomic E-state index is 0.0805. The van der Waals surface area contributed by atoms with Crippen molar-refractivity contribution in [1.29, 1.82) is 0 Å². The summed E-state index contributed by atoms with van der Waals surface area (Å²) in [5.41, 5.74) is 10.1. The van der Waals surface area contributed by atoms with Gasteiger partial charge in [0.25, 0.3) is 0 Å². The summed E-state index contributed by atoms with van der Waals surface area (Å²) in [6.07, 6.45) is 3.86. The van der Waals surface area contributed by atoms with E-state index in [1.807, 2.05) is 6.07 Å². The van der Waals surface area contributed by atoms with Gasteiger partial charge in [-0.05, 0) is 50.4 Å². The smallest absolute Gasteiger partial charge is 0.319 e. The van der Waals surface area contributed by atoms with Crippen molar-refractivity contribution in [3.8, 4) is 17.1 Å². The number of benzene rings is 1. The second kappa shape index (κ2) is 10.1. The first kappa shape index (κ1) is 27.1. The van der Waals surface area contributed by atoms with Crippen LogP contribution in [0.2, 0.25) is 0 Å². The summed E-state index contributed by atoms with van der Waals surface area (Å²) in [5, 5.41) is 4.01. The van der Waals surface area contributed by atoms with E-state index in [2.05, 4.69) is 20.1 Å². The number of fused-ring (bicyclic) bond motifs is 5. The molecule has 3 aromatic heterocycles. The maximum atomic E-state index is 14.8. The molecule has 5 saturated heterocycles. The van der Waals surface area contributed by atoms with Crippen molar-refractivity contribution in [2.75, 3.05) is 56.6 Å². The van der Waals surface area contributed by atoms with Gasteiger partial charge in [0, 0.05) is 55.2 Å². The number of thiazole rings is 1. The molecular weight excluding hydrogens is 586 g/mol. The van der Waals surface area contributed by atoms with Gasteiger partial charge >= 0.3 is 6.01 Å². The highest BCUT2D eigenvalue weighted by molar-refractivity contribution is 7.22. The summed E-state index contributed by atoms with van der Waals surface area (Å²) < 4.78 is 41.7. The lowest BCUT2D eigenvalue weighted by Gasteiger charge is -2.35. The topological polar surface area (TPSA) is 115 Å². The van der Waals surface area contributed by atoms with Crippen molar-refractivity contribution in [2.24, 2.45) is 0 Å². The summed E-state index contributed by atoms with van der Waals surface area (Å²) in [6.45, 7) is 4.46. The first-order valence-corrected chi connectivity index (χ1v) is 16.4. The largest absolute Gasteiger partial charge is 0.461 e. The number of halogens is 2. The van der Waals surface area contributed by atoms with Gasteiger partial charge in [0.2, 0.25) is 0 Å². The Bertz CT molecular complexity index is 1770. The Hall–Kier alpha value is -3.26. The number of pyridine rings is 1. The van der Waals surface area contributed by atoms with E-state index in [1.165, 1.54) is 6.07 Å². The highest BCUT2D eigenvalue weighted by Gasteiger charge is 2.49. The highest BCUT2D eigenvalue weighted by Crippen LogP contribution is 2.43. The SMILES string of the molecule is Nc1nc2c(-c3cc4nc(OC[C@@]56CCCN5C[C@H](F)C6)nc(N5CC6CCC(C5)N6)c4nc3C3COC3)ccc(F)c2s1. The molecule has 5 aliphatic heterocycles. The zero-order valence-corrected chi connectivity index (χ0v) is 25.1. The van der Waals surface area contributed by atoms with E-state index in [1.54, 1.807) is 6.07 Å². The number of nitrogens with one attached hydrogen (secondary N) is 1. The van der Waals surface area contributed by atoms with Gasteiger partial charge in [0.15, 0.2) is 10.9 Å². The molecule has 0 saturated carbocycles. The molecule has 0 amide bonds. The number of anilines is 2. The Morgan fingerprint density at radius 3 is 2.70 bits per heavy atom. The lowest BCUT2D eigenvalue weighted by atomic mass is 9.93. The molecule has 5 fully saturated rings. The Morgan fingerprint density at radius 1 is 1.07 bits per heavy atom. The molecule has 5 aliphatic rings. The van der Waals surface area contributed by atoms with Crippen LogP contribution in [0.15, 0.2) is 18.2 Å². The zero-order valence-electron chi connectivity index (χ0n) is 24.3. The lowest BCUT2D eigenvalue weighted by Crippen LogP contribution is -2.51. The van der Waals surface area contributed by atoms with Gasteiger partial charge in [-0.15, -0.1) is 0 Å². The molecule has 230 valence electrons. The zero-order chi connectivity index (χ0) is 29.6. The van der Waals surface area contributed by atoms with Gasteiger partial charge in [-0.2, -0.15) is 9.97 Å². The van der Waals surface area contributed by atoms with Crippen molar-refractivity contribution >= 4 is 43.5 Å². The Kier molecular flexibility index (Phi) is 6.23. The number of rotatable bonds is 6. The maximum Gasteiger partial charge on any atom is 0.319 e. The fourth-order valence-electron chi connectivity index (χ4n) is 8.07. The quantitative estimate of drug-likeness (QED) is 0.328. The van der Waals surface area contributed by atoms with Crippen molar-refractivity contribution in [1.82, 2.24) is 30.2 Å². The molecule has 8 heterocycles. The van der Waals surface area contributed by atoms with Crippen LogP contribution in [0, 0.1) is 5.82 Å². The number of piperazine rings is 1. The van der Waals surface area contributed by atoms with E-state index in [0.29, 0.717) is 71.3 Å². The van der Waals surface area contributed by atoms with Crippen LogP contribution >= 0.6 is 11.3 Å². The molecular formula is C31H34F2N8O2S. The van der Waals surface area contributed by atoms with Gasteiger partial charge in [0.05, 0.1) is 40.2 Å². The van der Waals surface area contributed by atoms with Crippen LogP contribution < -0.4 is 20.7 Å². The molecule has 3 N–H and O–H groups in total. The van der Waals surface area contributed by atoms with E-state index in [9.17, 15) is 8.78 Å². The fraction of sp³-hybridized carbons (Fsp3) is 0.548. The standard InChI is InChI=1S/C31H34F2N8O2S/c32-17-9-31(6-1-7-41(31)10-17)15-43-30-36-23-8-21(20-4-5-22(33)27-25(20)38-29(34)44-27)24(16-13-42-14-16)37-26(23)28(39-30)40-11-18-2-3-19(12-40)35-18/h4-5,8,16-19,35H,1-3,6-7,9-15H2,(H2,34,38)/t17-,18?,19?,31+/m1/s1. The second-order valence-corrected chi connectivity index (χ2v) is 14.1. The molecule has 0 aliphatic carbocycles. The number of hydrogen-bond acceptors (Lipinski definition) is 11. The number of nitrogens with zero attached hydrogens (tertiary/aromatic N) is 6. The second-order valence-electron chi connectivity index (χ2n) is 13.1. The summed E-state index contributed by atoms with van der Waals surface area (Å²) in [5.74, 6) is 0.489. The number of nitrogens with two attached hydrogens (primary N) is 1. The van der Waals surface area contributed by atoms with E-state index in [4.69, 9.17) is 30.2 Å². The Labute approximate surface area is 257 Å². The molecule has 1 aromatic carbocycles. The summed E-state index contributed by atoms with van der Waals surface area (Å²) in [4.78, 5) is 24.2. The van der Waals surface area contributed by atoms with Crippen LogP contribution in [0.1, 0.15) is 43.7 Å². The van der Waals surface area contributed by atoms with Crippen LogP contribution in [-0.2, 0) is 4.74 Å². The minimum Gasteiger partial charge on any atom is -0.461 e. The van der Waals surface area contributed by atoms with Crippen molar-refractivity contribution < 1.29 is 18.3 Å². The van der Waals surface area contributed by atoms with Crippen LogP contribution in [-0.4, -0.2) is 94.6 Å². The van der Waals surface area contributed by atoms with Crippen LogP contribution in [0.3, 0.4) is 0 Å². The molecule has 13 heteroatoms. The fourth-order valence-corrected chi connectivity index (χ4v) is 8.83. The van der Waals surface area contributed by atoms with Gasteiger partial charge in [-0.3, -0.25) is 4.90 Å². The third kappa shape index (κ3) is 4.34. The van der Waals surface area contributed by atoms with Crippen molar-refractivity contribution in [2.45, 2.75) is 61.8 Å². The third-order valence-corrected chi connectivity index (χ3v) is 11.1.